The second-order valence-corrected chi connectivity index (χ2v) is 17.7. The van der Waals surface area contributed by atoms with Gasteiger partial charge in [-0.15, -0.1) is 11.3 Å². The van der Waals surface area contributed by atoms with Crippen molar-refractivity contribution in [3.05, 3.63) is 74.7 Å². The van der Waals surface area contributed by atoms with Gasteiger partial charge in [-0.05, 0) is 98.9 Å². The van der Waals surface area contributed by atoms with Crippen LogP contribution in [0.1, 0.15) is 123 Å². The summed E-state index contributed by atoms with van der Waals surface area (Å²) in [6, 6.07) is 4.41. The molecule has 1 aliphatic heterocycles. The Morgan fingerprint density at radius 1 is 1.13 bits per heavy atom. The van der Waals surface area contributed by atoms with E-state index in [4.69, 9.17) is 9.73 Å². The molecule has 0 N–H and O–H groups in total. The van der Waals surface area contributed by atoms with E-state index in [0.29, 0.717) is 34.9 Å². The van der Waals surface area contributed by atoms with Gasteiger partial charge in [0.2, 0.25) is 5.88 Å². The van der Waals surface area contributed by atoms with Crippen LogP contribution in [0.2, 0.25) is 0 Å². The van der Waals surface area contributed by atoms with E-state index >= 15 is 22.0 Å². The van der Waals surface area contributed by atoms with Crippen LogP contribution in [-0.2, 0) is 4.74 Å². The standard InChI is InChI=1S/C44H57F5N4OS/c1-11-13-36(54-23-29-21-43(18-19-43)24-53(29)12-2)51-40-31(28(9)52(10)35(26(5)6)17-14-25(3)4)20-33(44(47,48)49)38(39(40)46)30-15-16-34(45)42-37(30)32(22-50)41(55-42)27(7)8/h13,15-16,20,25-27,29,35H,11-12,14,17-19,21,23-24H2,1-10H3/b31-28+,36-13-,51-40+. The summed E-state index contributed by atoms with van der Waals surface area (Å²) >= 11 is 1.01. The number of benzene rings is 1. The zero-order chi connectivity index (χ0) is 40.6. The highest BCUT2D eigenvalue weighted by atomic mass is 32.1. The third-order valence-electron chi connectivity index (χ3n) is 11.6. The number of nitriles is 1. The van der Waals surface area contributed by atoms with Crippen LogP contribution in [0.15, 0.2) is 57.8 Å². The fraction of sp³-hybridized carbons (Fsp3) is 0.591. The maximum Gasteiger partial charge on any atom is 0.417 e. The van der Waals surface area contributed by atoms with Crippen molar-refractivity contribution in [2.45, 2.75) is 125 Å². The Bertz CT molecular complexity index is 1950. The Morgan fingerprint density at radius 3 is 2.36 bits per heavy atom. The van der Waals surface area contributed by atoms with Gasteiger partial charge in [-0.1, -0.05) is 61.5 Å². The summed E-state index contributed by atoms with van der Waals surface area (Å²) in [5, 5.41) is 10.3. The molecule has 0 bridgehead atoms. The fourth-order valence-electron chi connectivity index (χ4n) is 8.27. The van der Waals surface area contributed by atoms with Crippen LogP contribution in [0.25, 0.3) is 15.7 Å². The molecule has 0 radical (unpaired) electrons. The Kier molecular flexibility index (Phi) is 13.1. The Labute approximate surface area is 328 Å². The van der Waals surface area contributed by atoms with Gasteiger partial charge in [0.05, 0.1) is 15.8 Å². The summed E-state index contributed by atoms with van der Waals surface area (Å²) in [5.74, 6) is -1.39. The quantitative estimate of drug-likeness (QED) is 0.141. The van der Waals surface area contributed by atoms with Crippen molar-refractivity contribution < 1.29 is 26.7 Å². The SMILES string of the molecule is CC/C=C(/N=C1/C(F)=C(c2ccc(F)c3sc(C(C)C)c(C#N)c23)C(C(F)(F)F)=C/C1=C(/C)N(C)C(CCC(C)C)C(C)C)OCC1CC2(CC2)CN1CC. The maximum atomic E-state index is 17.8. The van der Waals surface area contributed by atoms with E-state index < -0.39 is 29.0 Å². The highest BCUT2D eigenvalue weighted by molar-refractivity contribution is 7.19. The average molecular weight is 785 g/mol. The highest BCUT2D eigenvalue weighted by Crippen LogP contribution is 2.55. The van der Waals surface area contributed by atoms with E-state index in [1.807, 2.05) is 32.7 Å². The van der Waals surface area contributed by atoms with Crippen LogP contribution < -0.4 is 0 Å². The van der Waals surface area contributed by atoms with E-state index in [1.54, 1.807) is 13.0 Å². The number of hydrogen-bond acceptors (Lipinski definition) is 6. The summed E-state index contributed by atoms with van der Waals surface area (Å²) in [6.07, 6.45) is 3.29. The normalized spacial score (nSPS) is 21.4. The Balaban J connectivity index is 1.76. The zero-order valence-corrected chi connectivity index (χ0v) is 34.9. The van der Waals surface area contributed by atoms with E-state index in [2.05, 4.69) is 45.6 Å². The molecule has 3 aliphatic rings. The topological polar surface area (TPSA) is 51.9 Å². The van der Waals surface area contributed by atoms with Crippen LogP contribution in [0.4, 0.5) is 22.0 Å². The first kappa shape index (κ1) is 42.6. The lowest BCUT2D eigenvalue weighted by atomic mass is 9.84. The van der Waals surface area contributed by atoms with Gasteiger partial charge in [-0.3, -0.25) is 4.90 Å². The van der Waals surface area contributed by atoms with Gasteiger partial charge in [0, 0.05) is 52.8 Å². The molecule has 1 saturated carbocycles. The first-order chi connectivity index (χ1) is 25.9. The van der Waals surface area contributed by atoms with Crippen molar-refractivity contribution in [2.75, 3.05) is 26.7 Å². The van der Waals surface area contributed by atoms with Gasteiger partial charge in [-0.2, -0.15) is 18.4 Å². The molecule has 300 valence electrons. The molecule has 5 nitrogen and oxygen atoms in total. The minimum atomic E-state index is -5.01. The number of likely N-dealkylation sites (tertiary alicyclic amines) is 1. The molecule has 2 aliphatic carbocycles. The van der Waals surface area contributed by atoms with Crippen LogP contribution in [0, 0.1) is 34.4 Å². The van der Waals surface area contributed by atoms with E-state index in [0.717, 1.165) is 61.9 Å². The Hall–Kier alpha value is -3.49. The fourth-order valence-corrected chi connectivity index (χ4v) is 9.46. The molecule has 2 unspecified atom stereocenters. The molecule has 0 amide bonds. The number of likely N-dealkylation sites (N-methyl/N-ethyl adjacent to an activating group) is 1. The molecule has 1 spiro atoms. The predicted octanol–water partition coefficient (Wildman–Crippen LogP) is 12.5. The van der Waals surface area contributed by atoms with Gasteiger partial charge in [0.25, 0.3) is 0 Å². The van der Waals surface area contributed by atoms with E-state index in [9.17, 15) is 5.26 Å². The third-order valence-corrected chi connectivity index (χ3v) is 13.1. The third kappa shape index (κ3) is 8.91. The molecule has 2 atom stereocenters. The molecule has 2 heterocycles. The second kappa shape index (κ2) is 16.9. The number of rotatable bonds is 14. The lowest BCUT2D eigenvalue weighted by Crippen LogP contribution is -2.36. The van der Waals surface area contributed by atoms with Crippen molar-refractivity contribution in [1.82, 2.24) is 9.80 Å². The first-order valence-corrected chi connectivity index (χ1v) is 20.6. The minimum Gasteiger partial charge on any atom is -0.476 e. The van der Waals surface area contributed by atoms with Gasteiger partial charge in [0.1, 0.15) is 24.2 Å². The Morgan fingerprint density at radius 2 is 1.82 bits per heavy atom. The smallest absolute Gasteiger partial charge is 0.417 e. The van der Waals surface area contributed by atoms with Crippen LogP contribution in [-0.4, -0.2) is 60.5 Å². The van der Waals surface area contributed by atoms with E-state index in [1.165, 1.54) is 12.8 Å². The maximum absolute atomic E-state index is 17.8. The number of aliphatic imine (C=N–C) groups is 1. The van der Waals surface area contributed by atoms with Gasteiger partial charge in [0.15, 0.2) is 5.83 Å². The summed E-state index contributed by atoms with van der Waals surface area (Å²) in [4.78, 5) is 9.64. The van der Waals surface area contributed by atoms with Gasteiger partial charge < -0.3 is 9.64 Å². The molecule has 1 aromatic heterocycles. The van der Waals surface area contributed by atoms with Crippen molar-refractivity contribution in [3.8, 4) is 6.07 Å². The molecule has 2 fully saturated rings. The summed E-state index contributed by atoms with van der Waals surface area (Å²) in [7, 11) is 1.84. The molecule has 2 aromatic rings. The number of thiophene rings is 1. The van der Waals surface area contributed by atoms with Gasteiger partial charge >= 0.3 is 6.18 Å². The minimum absolute atomic E-state index is 0.00286. The number of ether oxygens (including phenoxy) is 1. The average Bonchev–Trinajstić information content (AvgIpc) is 3.59. The van der Waals surface area contributed by atoms with Crippen LogP contribution in [0.5, 0.6) is 0 Å². The summed E-state index contributed by atoms with van der Waals surface area (Å²) in [5.41, 5.74) is -1.65. The second-order valence-electron chi connectivity index (χ2n) is 16.7. The molecule has 1 aromatic carbocycles. The lowest BCUT2D eigenvalue weighted by molar-refractivity contribution is -0.0872. The van der Waals surface area contributed by atoms with Crippen molar-refractivity contribution >= 4 is 32.7 Å². The van der Waals surface area contributed by atoms with Crippen LogP contribution >= 0.6 is 11.3 Å². The van der Waals surface area contributed by atoms with Crippen molar-refractivity contribution in [1.29, 1.82) is 5.26 Å². The molecule has 1 saturated heterocycles. The molecule has 5 rings (SSSR count). The number of fused-ring (bicyclic) bond motifs is 1. The van der Waals surface area contributed by atoms with Crippen molar-refractivity contribution in [2.24, 2.45) is 22.2 Å². The first-order valence-electron chi connectivity index (χ1n) is 19.8. The molecule has 55 heavy (non-hydrogen) atoms. The number of allylic oxidation sites excluding steroid dienone is 7. The van der Waals surface area contributed by atoms with E-state index in [-0.39, 0.29) is 62.3 Å². The molecular formula is C44H57F5N4OS. The number of halogens is 5. The molecular weight excluding hydrogens is 728 g/mol. The summed E-state index contributed by atoms with van der Waals surface area (Å²) in [6.45, 7) is 20.0. The van der Waals surface area contributed by atoms with Crippen molar-refractivity contribution in [3.63, 3.8) is 0 Å². The highest BCUT2D eigenvalue weighted by Gasteiger charge is 2.51. The van der Waals surface area contributed by atoms with Gasteiger partial charge in [-0.25, -0.2) is 13.8 Å². The predicted molar refractivity (Wildman–Crippen MR) is 215 cm³/mol. The lowest BCUT2D eigenvalue weighted by Gasteiger charge is -2.36. The molecule has 11 heteroatoms. The van der Waals surface area contributed by atoms with Crippen LogP contribution in [0.3, 0.4) is 0 Å². The monoisotopic (exact) mass is 784 g/mol. The summed E-state index contributed by atoms with van der Waals surface area (Å²) < 4.78 is 85.7. The number of nitrogens with zero attached hydrogens (tertiary/aromatic N) is 4. The zero-order valence-electron chi connectivity index (χ0n) is 34.1. The largest absolute Gasteiger partial charge is 0.476 e. The number of alkyl halides is 3. The number of hydrogen-bond donors (Lipinski definition) is 0.